The topological polar surface area (TPSA) is 70.1 Å². The van der Waals surface area contributed by atoms with Crippen molar-refractivity contribution in [2.45, 2.75) is 18.9 Å². The quantitative estimate of drug-likeness (QED) is 0.914. The summed E-state index contributed by atoms with van der Waals surface area (Å²) in [5.41, 5.74) is 0.417. The number of benzene rings is 1. The molecule has 1 atom stereocenters. The summed E-state index contributed by atoms with van der Waals surface area (Å²) in [4.78, 5) is 27.7. The first kappa shape index (κ1) is 16.3. The van der Waals surface area contributed by atoms with Gasteiger partial charge in [-0.25, -0.2) is 4.79 Å². The number of amides is 1. The van der Waals surface area contributed by atoms with Crippen molar-refractivity contribution in [1.29, 1.82) is 0 Å². The molecule has 1 fully saturated rings. The van der Waals surface area contributed by atoms with Gasteiger partial charge >= 0.3 is 5.97 Å². The van der Waals surface area contributed by atoms with Crippen LogP contribution in [0, 0.1) is 0 Å². The van der Waals surface area contributed by atoms with E-state index in [0.717, 1.165) is 12.8 Å². The number of piperidine rings is 1. The molecule has 6 nitrogen and oxygen atoms in total. The molecule has 1 saturated heterocycles. The predicted molar refractivity (Wildman–Crippen MR) is 82.6 cm³/mol. The van der Waals surface area contributed by atoms with Gasteiger partial charge in [-0.05, 0) is 45.1 Å². The molecule has 1 aromatic carbocycles. The summed E-state index contributed by atoms with van der Waals surface area (Å²) in [6.07, 6.45) is 2.01. The van der Waals surface area contributed by atoms with Gasteiger partial charge in [0.25, 0.3) is 5.91 Å². The Morgan fingerprint density at radius 3 is 2.55 bits per heavy atom. The smallest absolute Gasteiger partial charge is 0.335 e. The fourth-order valence-electron chi connectivity index (χ4n) is 2.71. The Hall–Kier alpha value is -2.08. The molecule has 0 saturated carbocycles. The van der Waals surface area contributed by atoms with Crippen LogP contribution in [-0.2, 0) is 0 Å². The minimum atomic E-state index is -1.07. The molecule has 0 aromatic heterocycles. The Morgan fingerprint density at radius 1 is 1.27 bits per heavy atom. The van der Waals surface area contributed by atoms with Crippen LogP contribution in [0.1, 0.15) is 33.6 Å². The fraction of sp³-hybridized carbons (Fsp3) is 0.500. The Balaban J connectivity index is 2.25. The van der Waals surface area contributed by atoms with Crippen molar-refractivity contribution in [3.8, 4) is 5.75 Å². The molecule has 1 amide bonds. The highest BCUT2D eigenvalue weighted by atomic mass is 16.5. The van der Waals surface area contributed by atoms with Gasteiger partial charge in [0.05, 0.1) is 12.7 Å². The van der Waals surface area contributed by atoms with Crippen molar-refractivity contribution in [3.05, 3.63) is 29.3 Å². The molecule has 1 N–H and O–H groups in total. The van der Waals surface area contributed by atoms with Gasteiger partial charge in [0.15, 0.2) is 0 Å². The summed E-state index contributed by atoms with van der Waals surface area (Å²) >= 11 is 0. The van der Waals surface area contributed by atoms with Crippen LogP contribution in [0.3, 0.4) is 0 Å². The maximum Gasteiger partial charge on any atom is 0.335 e. The number of carboxylic acid groups (broad SMARTS) is 1. The molecule has 1 aromatic rings. The van der Waals surface area contributed by atoms with E-state index in [4.69, 9.17) is 9.84 Å². The summed E-state index contributed by atoms with van der Waals surface area (Å²) in [6.45, 7) is 1.36. The Morgan fingerprint density at radius 2 is 1.95 bits per heavy atom. The van der Waals surface area contributed by atoms with E-state index in [1.54, 1.807) is 11.0 Å². The van der Waals surface area contributed by atoms with E-state index >= 15 is 0 Å². The number of hydrogen-bond donors (Lipinski definition) is 1. The lowest BCUT2D eigenvalue weighted by molar-refractivity contribution is 0.0634. The minimum absolute atomic E-state index is 0.0591. The second kappa shape index (κ2) is 6.79. The van der Waals surface area contributed by atoms with E-state index in [2.05, 4.69) is 4.90 Å². The number of hydrogen-bond acceptors (Lipinski definition) is 4. The standard InChI is InChI=1S/C16H22N2O4/c1-17(2)13-5-4-6-18(10-13)15(19)11-7-12(16(20)21)9-14(8-11)22-3/h7-9,13H,4-6,10H2,1-3H3,(H,20,21). The zero-order valence-corrected chi connectivity index (χ0v) is 13.2. The van der Waals surface area contributed by atoms with Gasteiger partial charge in [0.1, 0.15) is 5.75 Å². The fourth-order valence-corrected chi connectivity index (χ4v) is 2.71. The number of aromatic carboxylic acids is 1. The van der Waals surface area contributed by atoms with Gasteiger partial charge in [-0.3, -0.25) is 4.79 Å². The third-order valence-electron chi connectivity index (χ3n) is 4.05. The van der Waals surface area contributed by atoms with Crippen LogP contribution in [0.15, 0.2) is 18.2 Å². The number of carboxylic acids is 1. The first-order chi connectivity index (χ1) is 10.4. The summed E-state index contributed by atoms with van der Waals surface area (Å²) in [5, 5.41) is 9.15. The highest BCUT2D eigenvalue weighted by Gasteiger charge is 2.26. The third-order valence-corrected chi connectivity index (χ3v) is 4.05. The van der Waals surface area contributed by atoms with Gasteiger partial charge in [-0.15, -0.1) is 0 Å². The van der Waals surface area contributed by atoms with Crippen LogP contribution < -0.4 is 4.74 Å². The van der Waals surface area contributed by atoms with Crippen molar-refractivity contribution >= 4 is 11.9 Å². The Bertz CT molecular complexity index is 571. The van der Waals surface area contributed by atoms with Gasteiger partial charge < -0.3 is 19.6 Å². The van der Waals surface area contributed by atoms with Crippen molar-refractivity contribution in [1.82, 2.24) is 9.80 Å². The molecule has 0 radical (unpaired) electrons. The van der Waals surface area contributed by atoms with Gasteiger partial charge in [-0.1, -0.05) is 0 Å². The van der Waals surface area contributed by atoms with Crippen molar-refractivity contribution in [3.63, 3.8) is 0 Å². The first-order valence-electron chi connectivity index (χ1n) is 7.30. The van der Waals surface area contributed by atoms with Crippen LogP contribution in [0.4, 0.5) is 0 Å². The van der Waals surface area contributed by atoms with Crippen molar-refractivity contribution in [2.24, 2.45) is 0 Å². The maximum atomic E-state index is 12.7. The molecule has 120 valence electrons. The second-order valence-electron chi connectivity index (χ2n) is 5.77. The molecule has 0 bridgehead atoms. The number of rotatable bonds is 4. The number of likely N-dealkylation sites (N-methyl/N-ethyl adjacent to an activating group) is 1. The van der Waals surface area contributed by atoms with Gasteiger partial charge in [-0.2, -0.15) is 0 Å². The molecular weight excluding hydrogens is 284 g/mol. The average molecular weight is 306 g/mol. The highest BCUT2D eigenvalue weighted by molar-refractivity contribution is 5.98. The van der Waals surface area contributed by atoms with Crippen LogP contribution in [0.25, 0.3) is 0 Å². The van der Waals surface area contributed by atoms with Crippen molar-refractivity contribution in [2.75, 3.05) is 34.3 Å². The number of nitrogens with zero attached hydrogens (tertiary/aromatic N) is 2. The SMILES string of the molecule is COc1cc(C(=O)O)cc(C(=O)N2CCCC(N(C)C)C2)c1. The molecule has 1 aliphatic rings. The molecule has 0 aliphatic carbocycles. The molecule has 2 rings (SSSR count). The van der Waals surface area contributed by atoms with E-state index in [-0.39, 0.29) is 11.5 Å². The summed E-state index contributed by atoms with van der Waals surface area (Å²) in [6, 6.07) is 4.75. The maximum absolute atomic E-state index is 12.7. The van der Waals surface area contributed by atoms with E-state index in [1.165, 1.54) is 19.2 Å². The monoisotopic (exact) mass is 306 g/mol. The molecule has 1 heterocycles. The number of ether oxygens (including phenoxy) is 1. The van der Waals surface area contributed by atoms with E-state index in [1.807, 2.05) is 14.1 Å². The van der Waals surface area contributed by atoms with Gasteiger partial charge in [0, 0.05) is 24.7 Å². The lowest BCUT2D eigenvalue weighted by atomic mass is 10.0. The van der Waals surface area contributed by atoms with Crippen LogP contribution >= 0.6 is 0 Å². The Kier molecular flexibility index (Phi) is 5.03. The third kappa shape index (κ3) is 3.57. The second-order valence-corrected chi connectivity index (χ2v) is 5.77. The van der Waals surface area contributed by atoms with Crippen LogP contribution in [0.5, 0.6) is 5.75 Å². The minimum Gasteiger partial charge on any atom is -0.497 e. The highest BCUT2D eigenvalue weighted by Crippen LogP contribution is 2.21. The number of carbonyl (C=O) groups excluding carboxylic acids is 1. The zero-order chi connectivity index (χ0) is 16.3. The molecule has 22 heavy (non-hydrogen) atoms. The van der Waals surface area contributed by atoms with Crippen LogP contribution in [0.2, 0.25) is 0 Å². The molecule has 0 spiro atoms. The largest absolute Gasteiger partial charge is 0.497 e. The van der Waals surface area contributed by atoms with E-state index in [9.17, 15) is 9.59 Å². The first-order valence-corrected chi connectivity index (χ1v) is 7.30. The lowest BCUT2D eigenvalue weighted by Gasteiger charge is -2.36. The summed E-state index contributed by atoms with van der Waals surface area (Å²) in [7, 11) is 5.47. The zero-order valence-electron chi connectivity index (χ0n) is 13.2. The van der Waals surface area contributed by atoms with Gasteiger partial charge in [0.2, 0.25) is 0 Å². The predicted octanol–water partition coefficient (Wildman–Crippen LogP) is 1.56. The lowest BCUT2D eigenvalue weighted by Crippen LogP contribution is -2.47. The van der Waals surface area contributed by atoms with Crippen molar-refractivity contribution < 1.29 is 19.4 Å². The summed E-state index contributed by atoms with van der Waals surface area (Å²) < 4.78 is 5.10. The number of carbonyl (C=O) groups is 2. The Labute approximate surface area is 130 Å². The summed E-state index contributed by atoms with van der Waals surface area (Å²) in [5.74, 6) is -0.838. The van der Waals surface area contributed by atoms with E-state index in [0.29, 0.717) is 30.4 Å². The normalized spacial score (nSPS) is 18.4. The molecule has 1 unspecified atom stereocenters. The van der Waals surface area contributed by atoms with E-state index < -0.39 is 5.97 Å². The number of methoxy groups -OCH3 is 1. The average Bonchev–Trinajstić information content (AvgIpc) is 2.53. The number of likely N-dealkylation sites (tertiary alicyclic amines) is 1. The molecule has 6 heteroatoms. The van der Waals surface area contributed by atoms with Crippen LogP contribution in [-0.4, -0.2) is 67.1 Å². The molecule has 1 aliphatic heterocycles. The molecular formula is C16H22N2O4.